The standard InChI is InChI=1S/C17H22N8O2S/c1-3-25-11-17(23-13(25)2)28(26,27)22-9-8-19-15-10-16(21-12-20-15)24-14-6-4-5-7-18-14/h4-7,10-12,22H,3,8-9H2,1-2H3,(H2,18,19,20,21,24). The Hall–Kier alpha value is -3.05. The van der Waals surface area contributed by atoms with Crippen molar-refractivity contribution in [1.82, 2.24) is 29.2 Å². The van der Waals surface area contributed by atoms with Gasteiger partial charge < -0.3 is 15.2 Å². The number of nitrogens with zero attached hydrogens (tertiary/aromatic N) is 5. The van der Waals surface area contributed by atoms with Gasteiger partial charge in [-0.2, -0.15) is 0 Å². The molecule has 148 valence electrons. The Morgan fingerprint density at radius 1 is 1.07 bits per heavy atom. The van der Waals surface area contributed by atoms with E-state index in [1.807, 2.05) is 25.1 Å². The Morgan fingerprint density at radius 3 is 2.61 bits per heavy atom. The van der Waals surface area contributed by atoms with Gasteiger partial charge >= 0.3 is 0 Å². The van der Waals surface area contributed by atoms with Gasteiger partial charge in [0.15, 0.2) is 5.03 Å². The summed E-state index contributed by atoms with van der Waals surface area (Å²) in [6.07, 6.45) is 4.63. The summed E-state index contributed by atoms with van der Waals surface area (Å²) in [6, 6.07) is 7.24. The van der Waals surface area contributed by atoms with Gasteiger partial charge in [0.2, 0.25) is 0 Å². The van der Waals surface area contributed by atoms with Crippen molar-refractivity contribution >= 4 is 27.5 Å². The predicted molar refractivity (Wildman–Crippen MR) is 106 cm³/mol. The summed E-state index contributed by atoms with van der Waals surface area (Å²) in [5.41, 5.74) is 0. The molecule has 3 N–H and O–H groups in total. The molecule has 0 aliphatic rings. The Labute approximate surface area is 163 Å². The fourth-order valence-electron chi connectivity index (χ4n) is 2.47. The first-order chi connectivity index (χ1) is 13.5. The zero-order chi connectivity index (χ0) is 20.0. The number of sulfonamides is 1. The molecular weight excluding hydrogens is 380 g/mol. The van der Waals surface area contributed by atoms with E-state index in [1.165, 1.54) is 12.5 Å². The van der Waals surface area contributed by atoms with Crippen molar-refractivity contribution in [3.8, 4) is 0 Å². The quantitative estimate of drug-likeness (QED) is 0.460. The van der Waals surface area contributed by atoms with Crippen LogP contribution < -0.4 is 15.4 Å². The fraction of sp³-hybridized carbons (Fsp3) is 0.294. The molecule has 0 fully saturated rings. The second kappa shape index (κ2) is 8.76. The summed E-state index contributed by atoms with van der Waals surface area (Å²) in [4.78, 5) is 16.5. The zero-order valence-corrected chi connectivity index (χ0v) is 16.4. The third-order valence-electron chi connectivity index (χ3n) is 3.88. The summed E-state index contributed by atoms with van der Waals surface area (Å²) < 4.78 is 29.0. The van der Waals surface area contributed by atoms with E-state index >= 15 is 0 Å². The Bertz CT molecular complexity index is 1020. The minimum absolute atomic E-state index is 0.0238. The van der Waals surface area contributed by atoms with E-state index in [0.29, 0.717) is 36.4 Å². The van der Waals surface area contributed by atoms with Crippen LogP contribution in [0.25, 0.3) is 0 Å². The molecule has 0 radical (unpaired) electrons. The van der Waals surface area contributed by atoms with Crippen molar-refractivity contribution < 1.29 is 8.42 Å². The maximum atomic E-state index is 12.3. The number of aryl methyl sites for hydroxylation is 2. The lowest BCUT2D eigenvalue weighted by Crippen LogP contribution is -2.29. The largest absolute Gasteiger partial charge is 0.369 e. The van der Waals surface area contributed by atoms with E-state index in [4.69, 9.17) is 0 Å². The van der Waals surface area contributed by atoms with Crippen molar-refractivity contribution in [3.05, 3.63) is 48.8 Å². The van der Waals surface area contributed by atoms with Gasteiger partial charge in [-0.05, 0) is 26.0 Å². The lowest BCUT2D eigenvalue weighted by molar-refractivity contribution is 0.579. The van der Waals surface area contributed by atoms with Gasteiger partial charge in [-0.15, -0.1) is 0 Å². The third kappa shape index (κ3) is 5.02. The summed E-state index contributed by atoms with van der Waals surface area (Å²) in [6.45, 7) is 4.91. The molecule has 3 rings (SSSR count). The van der Waals surface area contributed by atoms with Gasteiger partial charge in [-0.25, -0.2) is 33.1 Å². The topological polar surface area (TPSA) is 127 Å². The average Bonchev–Trinajstić information content (AvgIpc) is 3.08. The number of imidazole rings is 1. The van der Waals surface area contributed by atoms with Gasteiger partial charge in [0.25, 0.3) is 10.0 Å². The van der Waals surface area contributed by atoms with Crippen LogP contribution in [0, 0.1) is 6.92 Å². The van der Waals surface area contributed by atoms with Crippen molar-refractivity contribution in [3.63, 3.8) is 0 Å². The molecule has 3 heterocycles. The molecular formula is C17H22N8O2S. The number of nitrogens with one attached hydrogen (secondary N) is 3. The molecule has 3 aromatic rings. The maximum absolute atomic E-state index is 12.3. The van der Waals surface area contributed by atoms with Gasteiger partial charge in [-0.3, -0.25) is 0 Å². The molecule has 10 nitrogen and oxygen atoms in total. The fourth-order valence-corrected chi connectivity index (χ4v) is 3.51. The van der Waals surface area contributed by atoms with Crippen LogP contribution in [0.4, 0.5) is 17.5 Å². The molecule has 11 heteroatoms. The lowest BCUT2D eigenvalue weighted by Gasteiger charge is -2.09. The lowest BCUT2D eigenvalue weighted by atomic mass is 10.4. The molecule has 3 aromatic heterocycles. The van der Waals surface area contributed by atoms with Crippen LogP contribution in [0.2, 0.25) is 0 Å². The number of anilines is 3. The van der Waals surface area contributed by atoms with E-state index in [2.05, 4.69) is 35.3 Å². The summed E-state index contributed by atoms with van der Waals surface area (Å²) in [5, 5.41) is 6.15. The predicted octanol–water partition coefficient (Wildman–Crippen LogP) is 1.53. The number of aromatic nitrogens is 5. The molecule has 0 aromatic carbocycles. The second-order valence-electron chi connectivity index (χ2n) is 5.87. The number of rotatable bonds is 9. The minimum Gasteiger partial charge on any atom is -0.369 e. The first kappa shape index (κ1) is 19.7. The van der Waals surface area contributed by atoms with Crippen LogP contribution >= 0.6 is 0 Å². The second-order valence-corrected chi connectivity index (χ2v) is 7.58. The van der Waals surface area contributed by atoms with E-state index < -0.39 is 10.0 Å². The van der Waals surface area contributed by atoms with Crippen LogP contribution in [-0.2, 0) is 16.6 Å². The molecule has 0 saturated heterocycles. The van der Waals surface area contributed by atoms with Crippen LogP contribution in [0.3, 0.4) is 0 Å². The molecule has 28 heavy (non-hydrogen) atoms. The highest BCUT2D eigenvalue weighted by atomic mass is 32.2. The van der Waals surface area contributed by atoms with E-state index in [-0.39, 0.29) is 11.6 Å². The Morgan fingerprint density at radius 2 is 1.89 bits per heavy atom. The van der Waals surface area contributed by atoms with Gasteiger partial charge in [0.05, 0.1) is 0 Å². The first-order valence-corrected chi connectivity index (χ1v) is 10.2. The smallest absolute Gasteiger partial charge is 0.259 e. The van der Waals surface area contributed by atoms with E-state index in [0.717, 1.165) is 0 Å². The highest BCUT2D eigenvalue weighted by Gasteiger charge is 2.18. The third-order valence-corrected chi connectivity index (χ3v) is 5.21. The molecule has 0 spiro atoms. The molecule has 0 saturated carbocycles. The zero-order valence-electron chi connectivity index (χ0n) is 15.6. The Kier molecular flexibility index (Phi) is 6.16. The van der Waals surface area contributed by atoms with Crippen LogP contribution in [-0.4, -0.2) is 46.0 Å². The Balaban J connectivity index is 1.53. The van der Waals surface area contributed by atoms with Crippen molar-refractivity contribution in [1.29, 1.82) is 0 Å². The van der Waals surface area contributed by atoms with Gasteiger partial charge in [-0.1, -0.05) is 6.07 Å². The molecule has 0 atom stereocenters. The summed E-state index contributed by atoms with van der Waals surface area (Å²) >= 11 is 0. The van der Waals surface area contributed by atoms with E-state index in [9.17, 15) is 8.42 Å². The normalized spacial score (nSPS) is 11.4. The number of hydrogen-bond acceptors (Lipinski definition) is 8. The molecule has 0 amide bonds. The molecule has 0 bridgehead atoms. The highest BCUT2D eigenvalue weighted by molar-refractivity contribution is 7.89. The van der Waals surface area contributed by atoms with Gasteiger partial charge in [0, 0.05) is 38.1 Å². The summed E-state index contributed by atoms with van der Waals surface area (Å²) in [7, 11) is -3.65. The average molecular weight is 402 g/mol. The van der Waals surface area contributed by atoms with Crippen molar-refractivity contribution in [2.24, 2.45) is 0 Å². The SMILES string of the molecule is CCn1cc(S(=O)(=O)NCCNc2cc(Nc3ccccn3)ncn2)nc1C. The summed E-state index contributed by atoms with van der Waals surface area (Å²) in [5.74, 6) is 2.48. The molecule has 0 aliphatic carbocycles. The first-order valence-electron chi connectivity index (χ1n) is 8.75. The monoisotopic (exact) mass is 402 g/mol. The maximum Gasteiger partial charge on any atom is 0.259 e. The van der Waals surface area contributed by atoms with Crippen LogP contribution in [0.1, 0.15) is 12.7 Å². The minimum atomic E-state index is -3.65. The van der Waals surface area contributed by atoms with Gasteiger partial charge in [0.1, 0.15) is 29.6 Å². The van der Waals surface area contributed by atoms with Crippen LogP contribution in [0.15, 0.2) is 48.0 Å². The van der Waals surface area contributed by atoms with E-state index in [1.54, 1.807) is 23.8 Å². The highest BCUT2D eigenvalue weighted by Crippen LogP contribution is 2.13. The molecule has 0 aliphatic heterocycles. The molecule has 0 unspecified atom stereocenters. The van der Waals surface area contributed by atoms with Crippen molar-refractivity contribution in [2.75, 3.05) is 23.7 Å². The van der Waals surface area contributed by atoms with Crippen molar-refractivity contribution in [2.45, 2.75) is 25.4 Å². The number of pyridine rings is 1. The van der Waals surface area contributed by atoms with Crippen LogP contribution in [0.5, 0.6) is 0 Å². The number of hydrogen-bond donors (Lipinski definition) is 3.